The number of hydrogen-bond donors (Lipinski definition) is 0. The average molecular weight is 402 g/mol. The molecule has 0 spiro atoms. The van der Waals surface area contributed by atoms with Crippen LogP contribution in [-0.2, 0) is 0 Å². The fourth-order valence-corrected chi connectivity index (χ4v) is 4.02. The number of hydrogen-bond acceptors (Lipinski definition) is 4. The van der Waals surface area contributed by atoms with Crippen LogP contribution in [0.4, 0.5) is 0 Å². The minimum absolute atomic E-state index is 0.132. The first kappa shape index (κ1) is 20.0. The van der Waals surface area contributed by atoms with Gasteiger partial charge in [0.15, 0.2) is 0 Å². The number of benzene rings is 2. The highest BCUT2D eigenvalue weighted by atomic mass is 16.2. The second-order valence-electron chi connectivity index (χ2n) is 7.85. The Kier molecular flexibility index (Phi) is 6.05. The number of carbonyl (C=O) groups is 1. The Morgan fingerprint density at radius 1 is 1.03 bits per heavy atom. The summed E-state index contributed by atoms with van der Waals surface area (Å²) in [6.45, 7) is 5.02. The van der Waals surface area contributed by atoms with Crippen LogP contribution in [0.2, 0.25) is 0 Å². The molecule has 0 atom stereocenters. The van der Waals surface area contributed by atoms with Gasteiger partial charge in [-0.2, -0.15) is 9.78 Å². The minimum Gasteiger partial charge on any atom is -0.299 e. The van der Waals surface area contributed by atoms with Gasteiger partial charge in [0, 0.05) is 31.2 Å². The van der Waals surface area contributed by atoms with Gasteiger partial charge < -0.3 is 0 Å². The van der Waals surface area contributed by atoms with Gasteiger partial charge in [0.25, 0.3) is 0 Å². The van der Waals surface area contributed by atoms with Gasteiger partial charge in [-0.05, 0) is 49.6 Å². The third-order valence-electron chi connectivity index (χ3n) is 5.60. The normalized spacial score (nSPS) is 16.0. The number of piperidine rings is 1. The minimum atomic E-state index is -0.132. The molecule has 1 aromatic heterocycles. The van der Waals surface area contributed by atoms with Crippen LogP contribution in [0.5, 0.6) is 0 Å². The zero-order valence-corrected chi connectivity index (χ0v) is 17.1. The molecule has 30 heavy (non-hydrogen) atoms. The number of likely N-dealkylation sites (tertiary alicyclic amines) is 1. The van der Waals surface area contributed by atoms with Crippen LogP contribution < -0.4 is 5.69 Å². The van der Waals surface area contributed by atoms with Crippen molar-refractivity contribution >= 4 is 12.4 Å². The van der Waals surface area contributed by atoms with Crippen LogP contribution in [0.3, 0.4) is 0 Å². The van der Waals surface area contributed by atoms with Gasteiger partial charge in [-0.3, -0.25) is 14.3 Å². The lowest BCUT2D eigenvalue weighted by Gasteiger charge is -2.32. The lowest BCUT2D eigenvalue weighted by atomic mass is 10.0. The monoisotopic (exact) mass is 402 g/mol. The molecule has 0 N–H and O–H groups in total. The molecule has 6 heteroatoms. The molecule has 1 saturated heterocycles. The molecule has 0 unspecified atom stereocenters. The molecule has 6 nitrogen and oxygen atoms in total. The van der Waals surface area contributed by atoms with E-state index in [4.69, 9.17) is 0 Å². The van der Waals surface area contributed by atoms with Gasteiger partial charge in [-0.15, -0.1) is 0 Å². The van der Waals surface area contributed by atoms with E-state index in [2.05, 4.69) is 47.3 Å². The van der Waals surface area contributed by atoms with Crippen LogP contribution in [-0.4, -0.2) is 45.2 Å². The first-order valence-corrected chi connectivity index (χ1v) is 10.3. The van der Waals surface area contributed by atoms with Crippen LogP contribution in [0.25, 0.3) is 11.8 Å². The maximum Gasteiger partial charge on any atom is 0.350 e. The Labute approximate surface area is 176 Å². The predicted octanol–water partition coefficient (Wildman–Crippen LogP) is 3.59. The van der Waals surface area contributed by atoms with E-state index < -0.39 is 0 Å². The Hall–Kier alpha value is -3.25. The van der Waals surface area contributed by atoms with Crippen molar-refractivity contribution in [2.75, 3.05) is 19.6 Å². The van der Waals surface area contributed by atoms with Gasteiger partial charge in [-0.1, -0.05) is 42.0 Å². The number of aromatic nitrogens is 3. The summed E-state index contributed by atoms with van der Waals surface area (Å²) in [5.41, 5.74) is 3.68. The molecular formula is C24H26N4O2. The summed E-state index contributed by atoms with van der Waals surface area (Å²) in [6.07, 6.45) is 6.51. The third-order valence-corrected chi connectivity index (χ3v) is 5.60. The second kappa shape index (κ2) is 9.05. The summed E-state index contributed by atoms with van der Waals surface area (Å²) < 4.78 is 3.14. The highest BCUT2D eigenvalue weighted by molar-refractivity contribution is 5.75. The molecule has 0 radical (unpaired) electrons. The van der Waals surface area contributed by atoms with Crippen molar-refractivity contribution in [2.45, 2.75) is 25.8 Å². The van der Waals surface area contributed by atoms with E-state index >= 15 is 0 Å². The molecule has 2 aromatic carbocycles. The maximum absolute atomic E-state index is 12.9. The first-order chi connectivity index (χ1) is 14.6. The summed E-state index contributed by atoms with van der Waals surface area (Å²) in [5, 5.41) is 4.29. The lowest BCUT2D eigenvalue weighted by molar-refractivity contribution is 0.112. The lowest BCUT2D eigenvalue weighted by Crippen LogP contribution is -2.38. The summed E-state index contributed by atoms with van der Waals surface area (Å²) in [6, 6.07) is 17.4. The number of rotatable bonds is 6. The summed E-state index contributed by atoms with van der Waals surface area (Å²) >= 11 is 0. The molecule has 4 rings (SSSR count). The Balaban J connectivity index is 1.38. The highest BCUT2D eigenvalue weighted by Crippen LogP contribution is 2.22. The molecule has 1 aliphatic rings. The molecule has 1 aliphatic heterocycles. The van der Waals surface area contributed by atoms with Gasteiger partial charge in [0.05, 0.1) is 5.69 Å². The second-order valence-corrected chi connectivity index (χ2v) is 7.85. The third kappa shape index (κ3) is 4.49. The van der Waals surface area contributed by atoms with Crippen molar-refractivity contribution in [1.29, 1.82) is 0 Å². The van der Waals surface area contributed by atoms with Crippen LogP contribution in [0.1, 0.15) is 41.7 Å². The van der Waals surface area contributed by atoms with Crippen molar-refractivity contribution in [1.82, 2.24) is 19.2 Å². The molecule has 0 bridgehead atoms. The Bertz CT molecular complexity index is 1070. The smallest absolute Gasteiger partial charge is 0.299 e. The van der Waals surface area contributed by atoms with E-state index in [1.165, 1.54) is 15.8 Å². The first-order valence-electron chi connectivity index (χ1n) is 10.3. The van der Waals surface area contributed by atoms with E-state index in [9.17, 15) is 9.59 Å². The molecule has 0 amide bonds. The van der Waals surface area contributed by atoms with Gasteiger partial charge >= 0.3 is 5.69 Å². The van der Waals surface area contributed by atoms with E-state index in [0.717, 1.165) is 38.8 Å². The molecule has 154 valence electrons. The Morgan fingerprint density at radius 2 is 1.73 bits per heavy atom. The molecule has 2 heterocycles. The van der Waals surface area contributed by atoms with E-state index in [-0.39, 0.29) is 11.7 Å². The van der Waals surface area contributed by atoms with Crippen LogP contribution >= 0.6 is 0 Å². The fourth-order valence-electron chi connectivity index (χ4n) is 4.02. The van der Waals surface area contributed by atoms with Gasteiger partial charge in [-0.25, -0.2) is 4.79 Å². The van der Waals surface area contributed by atoms with Gasteiger partial charge in [0.2, 0.25) is 0 Å². The van der Waals surface area contributed by atoms with Crippen LogP contribution in [0.15, 0.2) is 71.3 Å². The SMILES string of the molecule is CC(=Cc1ccccc1)CN1CCC(n2cnn(-c3ccc(C=O)cc3)c2=O)CC1. The van der Waals surface area contributed by atoms with Crippen molar-refractivity contribution < 1.29 is 4.79 Å². The average Bonchev–Trinajstić information content (AvgIpc) is 3.16. The highest BCUT2D eigenvalue weighted by Gasteiger charge is 2.23. The number of nitrogens with zero attached hydrogens (tertiary/aromatic N) is 4. The van der Waals surface area contributed by atoms with Crippen molar-refractivity contribution in [3.8, 4) is 5.69 Å². The Morgan fingerprint density at radius 3 is 2.40 bits per heavy atom. The number of carbonyl (C=O) groups excluding carboxylic acids is 1. The number of aldehydes is 1. The van der Waals surface area contributed by atoms with Crippen molar-refractivity contribution in [2.24, 2.45) is 0 Å². The van der Waals surface area contributed by atoms with E-state index in [1.807, 2.05) is 6.07 Å². The predicted molar refractivity (Wildman–Crippen MR) is 118 cm³/mol. The van der Waals surface area contributed by atoms with E-state index in [1.54, 1.807) is 35.2 Å². The molecule has 1 fully saturated rings. The zero-order valence-electron chi connectivity index (χ0n) is 17.1. The largest absolute Gasteiger partial charge is 0.350 e. The van der Waals surface area contributed by atoms with E-state index in [0.29, 0.717) is 11.3 Å². The summed E-state index contributed by atoms with van der Waals surface area (Å²) in [7, 11) is 0. The summed E-state index contributed by atoms with van der Waals surface area (Å²) in [4.78, 5) is 26.1. The molecular weight excluding hydrogens is 376 g/mol. The standard InChI is InChI=1S/C24H26N4O2/c1-19(15-20-5-3-2-4-6-20)16-26-13-11-22(12-14-26)27-18-25-28(24(27)30)23-9-7-21(17-29)8-10-23/h2-10,15,17-18,22H,11-14,16H2,1H3. The molecule has 3 aromatic rings. The zero-order chi connectivity index (χ0) is 20.9. The molecule has 0 saturated carbocycles. The van der Waals surface area contributed by atoms with Gasteiger partial charge in [0.1, 0.15) is 12.6 Å². The topological polar surface area (TPSA) is 60.1 Å². The fraction of sp³-hybridized carbons (Fsp3) is 0.292. The van der Waals surface area contributed by atoms with Crippen LogP contribution in [0, 0.1) is 0 Å². The molecule has 0 aliphatic carbocycles. The maximum atomic E-state index is 12.9. The van der Waals surface area contributed by atoms with Crippen molar-refractivity contribution in [3.63, 3.8) is 0 Å². The summed E-state index contributed by atoms with van der Waals surface area (Å²) in [5.74, 6) is 0. The quantitative estimate of drug-likeness (QED) is 0.591. The van der Waals surface area contributed by atoms with Crippen molar-refractivity contribution in [3.05, 3.63) is 88.1 Å².